The molecule has 1 amide bonds. The van der Waals surface area contributed by atoms with Crippen molar-refractivity contribution >= 4 is 39.0 Å². The third-order valence-corrected chi connectivity index (χ3v) is 5.79. The predicted molar refractivity (Wildman–Crippen MR) is 110 cm³/mol. The van der Waals surface area contributed by atoms with E-state index in [9.17, 15) is 22.4 Å². The van der Waals surface area contributed by atoms with Gasteiger partial charge in [0.2, 0.25) is 15.0 Å². The zero-order chi connectivity index (χ0) is 22.6. The molecule has 1 N–H and O–H groups in total. The minimum Gasteiger partial charge on any atom is -0.465 e. The molecule has 0 aliphatic carbocycles. The van der Waals surface area contributed by atoms with Crippen LogP contribution in [0.3, 0.4) is 0 Å². The van der Waals surface area contributed by atoms with E-state index in [-0.39, 0.29) is 16.3 Å². The topological polar surface area (TPSA) is 115 Å². The number of methoxy groups -OCH3 is 1. The molecular weight excluding hydrogens is 449 g/mol. The number of amides is 1. The van der Waals surface area contributed by atoms with Gasteiger partial charge in [-0.05, 0) is 42.0 Å². The van der Waals surface area contributed by atoms with Gasteiger partial charge in [-0.2, -0.15) is 0 Å². The van der Waals surface area contributed by atoms with Gasteiger partial charge in [0.1, 0.15) is 5.82 Å². The lowest BCUT2D eigenvalue weighted by atomic mass is 10.2. The van der Waals surface area contributed by atoms with E-state index < -0.39 is 38.4 Å². The smallest absolute Gasteiger partial charge is 0.337 e. The molecule has 0 aliphatic rings. The van der Waals surface area contributed by atoms with Crippen molar-refractivity contribution in [1.82, 2.24) is 9.97 Å². The molecule has 0 fully saturated rings. The lowest BCUT2D eigenvalue weighted by Gasteiger charge is -2.09. The van der Waals surface area contributed by atoms with Gasteiger partial charge in [0.05, 0.1) is 29.6 Å². The number of hydrogen-bond acceptors (Lipinski definition) is 7. The second kappa shape index (κ2) is 9.19. The lowest BCUT2D eigenvalue weighted by Crippen LogP contribution is -2.18. The number of nitrogens with one attached hydrogen (secondary N) is 1. The van der Waals surface area contributed by atoms with Crippen LogP contribution in [0.25, 0.3) is 0 Å². The van der Waals surface area contributed by atoms with Gasteiger partial charge in [-0.25, -0.2) is 27.6 Å². The monoisotopic (exact) mass is 463 g/mol. The number of aromatic nitrogens is 2. The second-order valence-corrected chi connectivity index (χ2v) is 8.55. The highest BCUT2D eigenvalue weighted by Crippen LogP contribution is 2.20. The van der Waals surface area contributed by atoms with Crippen LogP contribution in [-0.2, 0) is 20.3 Å². The number of hydrogen-bond donors (Lipinski definition) is 1. The maximum Gasteiger partial charge on any atom is 0.337 e. The van der Waals surface area contributed by atoms with Crippen molar-refractivity contribution in [3.8, 4) is 0 Å². The van der Waals surface area contributed by atoms with Gasteiger partial charge < -0.3 is 10.1 Å². The van der Waals surface area contributed by atoms with Gasteiger partial charge in [-0.15, -0.1) is 0 Å². The van der Waals surface area contributed by atoms with Crippen molar-refractivity contribution in [1.29, 1.82) is 0 Å². The van der Waals surface area contributed by atoms with E-state index in [0.717, 1.165) is 18.3 Å². The van der Waals surface area contributed by atoms with Crippen molar-refractivity contribution in [3.05, 3.63) is 82.4 Å². The number of halogens is 2. The summed E-state index contributed by atoms with van der Waals surface area (Å²) < 4.78 is 42.9. The molecule has 0 bridgehead atoms. The van der Waals surface area contributed by atoms with Crippen molar-refractivity contribution in [2.45, 2.75) is 10.9 Å². The number of sulfone groups is 1. The van der Waals surface area contributed by atoms with E-state index in [1.54, 1.807) is 0 Å². The molecule has 3 aromatic rings. The summed E-state index contributed by atoms with van der Waals surface area (Å²) in [5.74, 6) is -2.28. The first kappa shape index (κ1) is 22.3. The number of ether oxygens (including phenoxy) is 1. The number of nitrogens with zero attached hydrogens (tertiary/aromatic N) is 2. The average molecular weight is 464 g/mol. The number of esters is 1. The number of anilines is 1. The van der Waals surface area contributed by atoms with Crippen molar-refractivity contribution < 1.29 is 27.1 Å². The Balaban J connectivity index is 1.82. The summed E-state index contributed by atoms with van der Waals surface area (Å²) in [5, 5.41) is 1.78. The molecule has 31 heavy (non-hydrogen) atoms. The SMILES string of the molecule is COC(=O)c1ccc(NC(=O)c2nc(S(=O)(=O)Cc3ccc(F)cc3)ncc2Cl)cc1. The highest BCUT2D eigenvalue weighted by molar-refractivity contribution is 7.90. The van der Waals surface area contributed by atoms with Gasteiger partial charge in [0, 0.05) is 5.69 Å². The van der Waals surface area contributed by atoms with Crippen LogP contribution in [-0.4, -0.2) is 37.4 Å². The maximum atomic E-state index is 13.0. The number of carbonyl (C=O) groups excluding carboxylic acids is 2. The quantitative estimate of drug-likeness (QED) is 0.440. The molecule has 11 heteroatoms. The molecule has 0 aliphatic heterocycles. The Kier molecular flexibility index (Phi) is 6.62. The van der Waals surface area contributed by atoms with Crippen LogP contribution in [0.15, 0.2) is 59.9 Å². The Bertz CT molecular complexity index is 1230. The van der Waals surface area contributed by atoms with E-state index >= 15 is 0 Å². The second-order valence-electron chi connectivity index (χ2n) is 6.26. The van der Waals surface area contributed by atoms with E-state index in [1.165, 1.54) is 43.5 Å². The van der Waals surface area contributed by atoms with Gasteiger partial charge in [-0.3, -0.25) is 4.79 Å². The molecule has 0 spiro atoms. The predicted octanol–water partition coefficient (Wildman–Crippen LogP) is 3.28. The minimum absolute atomic E-state index is 0.149. The zero-order valence-electron chi connectivity index (χ0n) is 16.0. The summed E-state index contributed by atoms with van der Waals surface area (Å²) in [7, 11) is -2.78. The first-order chi connectivity index (χ1) is 14.7. The summed E-state index contributed by atoms with van der Waals surface area (Å²) in [6.45, 7) is 0. The maximum absolute atomic E-state index is 13.0. The van der Waals surface area contributed by atoms with Crippen LogP contribution in [0.4, 0.5) is 10.1 Å². The van der Waals surface area contributed by atoms with Crippen LogP contribution in [0.5, 0.6) is 0 Å². The molecule has 0 unspecified atom stereocenters. The van der Waals surface area contributed by atoms with Crippen molar-refractivity contribution in [2.75, 3.05) is 12.4 Å². The Labute approximate surface area is 182 Å². The summed E-state index contributed by atoms with van der Waals surface area (Å²) >= 11 is 5.99. The molecule has 8 nitrogen and oxygen atoms in total. The zero-order valence-corrected chi connectivity index (χ0v) is 17.6. The van der Waals surface area contributed by atoms with E-state index in [4.69, 9.17) is 11.6 Å². The number of rotatable bonds is 6. The summed E-state index contributed by atoms with van der Waals surface area (Å²) in [5.41, 5.74) is 0.598. The highest BCUT2D eigenvalue weighted by atomic mass is 35.5. The number of benzene rings is 2. The molecule has 0 atom stereocenters. The van der Waals surface area contributed by atoms with Crippen LogP contribution in [0.1, 0.15) is 26.4 Å². The fourth-order valence-corrected chi connectivity index (χ4v) is 3.90. The Morgan fingerprint density at radius 2 is 1.74 bits per heavy atom. The van der Waals surface area contributed by atoms with E-state index in [2.05, 4.69) is 20.0 Å². The van der Waals surface area contributed by atoms with Crippen LogP contribution in [0, 0.1) is 5.82 Å². The number of carbonyl (C=O) groups is 2. The molecule has 3 rings (SSSR count). The summed E-state index contributed by atoms with van der Waals surface area (Å²) in [6.07, 6.45) is 1.02. The van der Waals surface area contributed by atoms with Gasteiger partial charge >= 0.3 is 5.97 Å². The van der Waals surface area contributed by atoms with E-state index in [1.807, 2.05) is 0 Å². The highest BCUT2D eigenvalue weighted by Gasteiger charge is 2.23. The van der Waals surface area contributed by atoms with Crippen LogP contribution < -0.4 is 5.32 Å². The molecule has 0 radical (unpaired) electrons. The molecule has 2 aromatic carbocycles. The molecule has 0 saturated carbocycles. The fraction of sp³-hybridized carbons (Fsp3) is 0.100. The fourth-order valence-electron chi connectivity index (χ4n) is 2.52. The molecule has 1 heterocycles. The first-order valence-electron chi connectivity index (χ1n) is 8.69. The summed E-state index contributed by atoms with van der Waals surface area (Å²) in [6, 6.07) is 10.7. The van der Waals surface area contributed by atoms with Gasteiger partial charge in [-0.1, -0.05) is 23.7 Å². The third kappa shape index (κ3) is 5.41. The summed E-state index contributed by atoms with van der Waals surface area (Å²) in [4.78, 5) is 31.6. The Hall–Kier alpha value is -3.37. The van der Waals surface area contributed by atoms with E-state index in [0.29, 0.717) is 11.3 Å². The third-order valence-electron chi connectivity index (χ3n) is 4.05. The van der Waals surface area contributed by atoms with Gasteiger partial charge in [0.15, 0.2) is 5.69 Å². The molecular formula is C20H15ClFN3O5S. The van der Waals surface area contributed by atoms with Crippen molar-refractivity contribution in [2.24, 2.45) is 0 Å². The minimum atomic E-state index is -4.02. The molecule has 1 aromatic heterocycles. The van der Waals surface area contributed by atoms with Crippen LogP contribution in [0.2, 0.25) is 5.02 Å². The molecule has 160 valence electrons. The normalized spacial score (nSPS) is 11.1. The molecule has 0 saturated heterocycles. The average Bonchev–Trinajstić information content (AvgIpc) is 2.75. The Morgan fingerprint density at radius 3 is 2.35 bits per heavy atom. The standard InChI is InChI=1S/C20H15ClFN3O5S/c1-30-19(27)13-4-8-15(9-5-13)24-18(26)17-16(21)10-23-20(25-17)31(28,29)11-12-2-6-14(22)7-3-12/h2-10H,11H2,1H3,(H,24,26). The van der Waals surface area contributed by atoms with Gasteiger partial charge in [0.25, 0.3) is 5.91 Å². The largest absolute Gasteiger partial charge is 0.465 e. The lowest BCUT2D eigenvalue weighted by molar-refractivity contribution is 0.0600. The van der Waals surface area contributed by atoms with Crippen molar-refractivity contribution in [3.63, 3.8) is 0 Å². The Morgan fingerprint density at radius 1 is 1.10 bits per heavy atom. The van der Waals surface area contributed by atoms with Crippen LogP contribution >= 0.6 is 11.6 Å². The first-order valence-corrected chi connectivity index (χ1v) is 10.7.